The van der Waals surface area contributed by atoms with E-state index in [2.05, 4.69) is 5.32 Å². The molecule has 0 bridgehead atoms. The lowest BCUT2D eigenvalue weighted by Crippen LogP contribution is -2.53. The zero-order chi connectivity index (χ0) is 20.5. The van der Waals surface area contributed by atoms with Gasteiger partial charge in [-0.25, -0.2) is 0 Å². The Morgan fingerprint density at radius 1 is 0.964 bits per heavy atom. The van der Waals surface area contributed by atoms with Crippen LogP contribution >= 0.6 is 0 Å². The molecule has 0 unspecified atom stereocenters. The SMILES string of the molecule is CCOc1ccc(CCNC(=O)C(=O)N2CCN(C(C)=O)CC2)cc1OCC. The number of hydrogen-bond donors (Lipinski definition) is 1. The normalized spacial score (nSPS) is 13.8. The number of rotatable bonds is 7. The lowest BCUT2D eigenvalue weighted by atomic mass is 10.1. The highest BCUT2D eigenvalue weighted by Crippen LogP contribution is 2.28. The van der Waals surface area contributed by atoms with E-state index < -0.39 is 11.8 Å². The Morgan fingerprint density at radius 3 is 2.18 bits per heavy atom. The number of carbonyl (C=O) groups excluding carboxylic acids is 3. The number of piperazine rings is 1. The van der Waals surface area contributed by atoms with Crippen LogP contribution in [0.1, 0.15) is 26.3 Å². The van der Waals surface area contributed by atoms with Crippen molar-refractivity contribution in [2.75, 3.05) is 45.9 Å². The van der Waals surface area contributed by atoms with Gasteiger partial charge in [0.05, 0.1) is 13.2 Å². The fraction of sp³-hybridized carbons (Fsp3) is 0.550. The first-order valence-corrected chi connectivity index (χ1v) is 9.67. The molecule has 1 aromatic carbocycles. The maximum Gasteiger partial charge on any atom is 0.312 e. The van der Waals surface area contributed by atoms with Crippen LogP contribution in [0.25, 0.3) is 0 Å². The van der Waals surface area contributed by atoms with E-state index >= 15 is 0 Å². The molecule has 154 valence electrons. The van der Waals surface area contributed by atoms with E-state index in [1.807, 2.05) is 32.0 Å². The quantitative estimate of drug-likeness (QED) is 0.696. The number of nitrogens with one attached hydrogen (secondary N) is 1. The molecule has 1 aromatic rings. The molecule has 8 heteroatoms. The van der Waals surface area contributed by atoms with Gasteiger partial charge in [0.25, 0.3) is 0 Å². The first-order valence-electron chi connectivity index (χ1n) is 9.67. The van der Waals surface area contributed by atoms with Crippen LogP contribution in [0.15, 0.2) is 18.2 Å². The van der Waals surface area contributed by atoms with Gasteiger partial charge in [0.1, 0.15) is 0 Å². The smallest absolute Gasteiger partial charge is 0.312 e. The molecule has 2 rings (SSSR count). The summed E-state index contributed by atoms with van der Waals surface area (Å²) in [6.45, 7) is 8.43. The van der Waals surface area contributed by atoms with E-state index in [-0.39, 0.29) is 5.91 Å². The fourth-order valence-corrected chi connectivity index (χ4v) is 3.02. The van der Waals surface area contributed by atoms with Crippen LogP contribution in [0.2, 0.25) is 0 Å². The number of carbonyl (C=O) groups is 3. The third-order valence-corrected chi connectivity index (χ3v) is 4.51. The monoisotopic (exact) mass is 391 g/mol. The molecule has 1 fully saturated rings. The Labute approximate surface area is 165 Å². The van der Waals surface area contributed by atoms with Crippen molar-refractivity contribution in [1.29, 1.82) is 0 Å². The van der Waals surface area contributed by atoms with Gasteiger partial charge in [-0.05, 0) is 38.0 Å². The van der Waals surface area contributed by atoms with Crippen molar-refractivity contribution >= 4 is 17.7 Å². The molecule has 1 heterocycles. The van der Waals surface area contributed by atoms with Crippen LogP contribution in [-0.4, -0.2) is 73.5 Å². The predicted octanol–water partition coefficient (Wildman–Crippen LogP) is 0.833. The molecule has 3 amide bonds. The van der Waals surface area contributed by atoms with E-state index in [1.165, 1.54) is 11.8 Å². The van der Waals surface area contributed by atoms with Crippen LogP contribution in [0.5, 0.6) is 11.5 Å². The van der Waals surface area contributed by atoms with Crippen molar-refractivity contribution in [3.05, 3.63) is 23.8 Å². The molecule has 1 N–H and O–H groups in total. The topological polar surface area (TPSA) is 88.2 Å². The Hall–Kier alpha value is -2.77. The van der Waals surface area contributed by atoms with E-state index in [0.717, 1.165) is 5.56 Å². The van der Waals surface area contributed by atoms with E-state index in [1.54, 1.807) is 4.90 Å². The van der Waals surface area contributed by atoms with Crippen LogP contribution in [0.3, 0.4) is 0 Å². The molecule has 0 atom stereocenters. The second-order valence-corrected chi connectivity index (χ2v) is 6.45. The molecule has 0 aromatic heterocycles. The summed E-state index contributed by atoms with van der Waals surface area (Å²) < 4.78 is 11.1. The molecule has 1 saturated heterocycles. The lowest BCUT2D eigenvalue weighted by molar-refractivity contribution is -0.148. The first kappa shape index (κ1) is 21.5. The zero-order valence-corrected chi connectivity index (χ0v) is 16.8. The van der Waals surface area contributed by atoms with E-state index in [4.69, 9.17) is 9.47 Å². The van der Waals surface area contributed by atoms with Crippen molar-refractivity contribution in [3.63, 3.8) is 0 Å². The van der Waals surface area contributed by atoms with Gasteiger partial charge in [0.15, 0.2) is 11.5 Å². The maximum atomic E-state index is 12.2. The van der Waals surface area contributed by atoms with Crippen molar-refractivity contribution in [2.24, 2.45) is 0 Å². The molecule has 28 heavy (non-hydrogen) atoms. The largest absolute Gasteiger partial charge is 0.490 e. The molecule has 8 nitrogen and oxygen atoms in total. The van der Waals surface area contributed by atoms with Gasteiger partial charge in [-0.3, -0.25) is 14.4 Å². The lowest BCUT2D eigenvalue weighted by Gasteiger charge is -2.33. The minimum Gasteiger partial charge on any atom is -0.490 e. The van der Waals surface area contributed by atoms with Crippen molar-refractivity contribution in [3.8, 4) is 11.5 Å². The average molecular weight is 391 g/mol. The van der Waals surface area contributed by atoms with Gasteiger partial charge >= 0.3 is 11.8 Å². The maximum absolute atomic E-state index is 12.2. The van der Waals surface area contributed by atoms with Gasteiger partial charge in [-0.1, -0.05) is 6.07 Å². The Morgan fingerprint density at radius 2 is 1.57 bits per heavy atom. The van der Waals surface area contributed by atoms with Crippen molar-refractivity contribution in [2.45, 2.75) is 27.2 Å². The Kier molecular flexibility index (Phi) is 8.10. The van der Waals surface area contributed by atoms with Gasteiger partial charge in [-0.15, -0.1) is 0 Å². The Bertz CT molecular complexity index is 699. The number of amides is 3. The molecule has 1 aliphatic heterocycles. The zero-order valence-electron chi connectivity index (χ0n) is 16.8. The minimum atomic E-state index is -0.618. The van der Waals surface area contributed by atoms with Gasteiger partial charge in [0.2, 0.25) is 5.91 Å². The molecule has 0 spiro atoms. The third-order valence-electron chi connectivity index (χ3n) is 4.51. The highest BCUT2D eigenvalue weighted by atomic mass is 16.5. The van der Waals surface area contributed by atoms with Crippen LogP contribution in [0.4, 0.5) is 0 Å². The Balaban J connectivity index is 1.82. The summed E-state index contributed by atoms with van der Waals surface area (Å²) in [6, 6.07) is 5.66. The summed E-state index contributed by atoms with van der Waals surface area (Å²) in [5.74, 6) is 0.181. The molecule has 0 radical (unpaired) electrons. The number of nitrogens with zero attached hydrogens (tertiary/aromatic N) is 2. The summed E-state index contributed by atoms with van der Waals surface area (Å²) in [7, 11) is 0. The third kappa shape index (κ3) is 5.87. The number of ether oxygens (including phenoxy) is 2. The minimum absolute atomic E-state index is 0.0154. The molecule has 0 saturated carbocycles. The molecular weight excluding hydrogens is 362 g/mol. The van der Waals surface area contributed by atoms with Crippen LogP contribution in [0, 0.1) is 0 Å². The van der Waals surface area contributed by atoms with E-state index in [9.17, 15) is 14.4 Å². The second kappa shape index (κ2) is 10.5. The van der Waals surface area contributed by atoms with Gasteiger partial charge in [0, 0.05) is 39.6 Å². The molecule has 1 aliphatic rings. The number of benzene rings is 1. The summed E-state index contributed by atoms with van der Waals surface area (Å²) in [5, 5.41) is 2.67. The number of hydrogen-bond acceptors (Lipinski definition) is 5. The summed E-state index contributed by atoms with van der Waals surface area (Å²) in [5.41, 5.74) is 0.981. The average Bonchev–Trinajstić information content (AvgIpc) is 2.69. The first-order chi connectivity index (χ1) is 13.5. The van der Waals surface area contributed by atoms with Gasteiger partial charge in [-0.2, -0.15) is 0 Å². The molecular formula is C20H29N3O5. The standard InChI is InChI=1S/C20H29N3O5/c1-4-27-17-7-6-16(14-18(17)28-5-2)8-9-21-19(25)20(26)23-12-10-22(11-13-23)15(3)24/h6-7,14H,4-5,8-13H2,1-3H3,(H,21,25). The summed E-state index contributed by atoms with van der Waals surface area (Å²) in [4.78, 5) is 38.9. The highest BCUT2D eigenvalue weighted by Gasteiger charge is 2.26. The van der Waals surface area contributed by atoms with Gasteiger partial charge < -0.3 is 24.6 Å². The summed E-state index contributed by atoms with van der Waals surface area (Å²) in [6.07, 6.45) is 0.573. The molecule has 0 aliphatic carbocycles. The predicted molar refractivity (Wildman–Crippen MR) is 104 cm³/mol. The van der Waals surface area contributed by atoms with Crippen LogP contribution < -0.4 is 14.8 Å². The highest BCUT2D eigenvalue weighted by molar-refractivity contribution is 6.35. The second-order valence-electron chi connectivity index (χ2n) is 6.45. The van der Waals surface area contributed by atoms with Crippen molar-refractivity contribution in [1.82, 2.24) is 15.1 Å². The van der Waals surface area contributed by atoms with Crippen molar-refractivity contribution < 1.29 is 23.9 Å². The fourth-order valence-electron chi connectivity index (χ4n) is 3.02. The summed E-state index contributed by atoms with van der Waals surface area (Å²) >= 11 is 0. The van der Waals surface area contributed by atoms with E-state index in [0.29, 0.717) is 63.9 Å². The van der Waals surface area contributed by atoms with Crippen LogP contribution in [-0.2, 0) is 20.8 Å².